The lowest BCUT2D eigenvalue weighted by molar-refractivity contribution is -0.115. The topological polar surface area (TPSA) is 58.2 Å². The molecule has 0 bridgehead atoms. The van der Waals surface area contributed by atoms with Gasteiger partial charge >= 0.3 is 0 Å². The van der Waals surface area contributed by atoms with Gasteiger partial charge in [-0.1, -0.05) is 36.4 Å². The minimum Gasteiger partial charge on any atom is -0.352 e. The van der Waals surface area contributed by atoms with Gasteiger partial charge in [0.2, 0.25) is 11.6 Å². The third-order valence-corrected chi connectivity index (χ3v) is 3.19. The lowest BCUT2D eigenvalue weighted by Crippen LogP contribution is -2.21. The summed E-state index contributed by atoms with van der Waals surface area (Å²) in [5.41, 5.74) is 2.08. The van der Waals surface area contributed by atoms with Crippen LogP contribution in [-0.4, -0.2) is 11.6 Å². The van der Waals surface area contributed by atoms with E-state index in [4.69, 9.17) is 0 Å². The number of carbonyl (C=O) groups is 2. The predicted molar refractivity (Wildman–Crippen MR) is 86.3 cm³/mol. The molecule has 2 aromatic carbocycles. The van der Waals surface area contributed by atoms with Gasteiger partial charge in [0.05, 0.1) is 11.4 Å². The zero-order valence-electron chi connectivity index (χ0n) is 11.7. The van der Waals surface area contributed by atoms with Gasteiger partial charge in [0, 0.05) is 23.5 Å². The fourth-order valence-electron chi connectivity index (χ4n) is 2.11. The average Bonchev–Trinajstić information content (AvgIpc) is 2.54. The lowest BCUT2D eigenvalue weighted by atomic mass is 10.1. The van der Waals surface area contributed by atoms with Crippen molar-refractivity contribution >= 4 is 22.9 Å². The van der Waals surface area contributed by atoms with Crippen molar-refractivity contribution in [2.24, 2.45) is 0 Å². The number of carbonyl (C=O) groups excluding carboxylic acids is 2. The van der Waals surface area contributed by atoms with Crippen LogP contribution in [0, 0.1) is 0 Å². The molecule has 0 radical (unpaired) electrons. The predicted octanol–water partition coefficient (Wildman–Crippen LogP) is 3.13. The summed E-state index contributed by atoms with van der Waals surface area (Å²) >= 11 is 0. The first-order valence-corrected chi connectivity index (χ1v) is 6.88. The highest BCUT2D eigenvalue weighted by Crippen LogP contribution is 2.17. The first-order chi connectivity index (χ1) is 10.7. The maximum Gasteiger partial charge on any atom is 0.204 e. The van der Waals surface area contributed by atoms with Gasteiger partial charge in [-0.15, -0.1) is 0 Å². The molecular formula is C18H14N2O2. The van der Waals surface area contributed by atoms with E-state index < -0.39 is 0 Å². The highest BCUT2D eigenvalue weighted by Gasteiger charge is 2.20. The average molecular weight is 290 g/mol. The summed E-state index contributed by atoms with van der Waals surface area (Å²) in [6, 6.07) is 18.5. The lowest BCUT2D eigenvalue weighted by Gasteiger charge is -2.15. The molecule has 0 saturated carbocycles. The first kappa shape index (κ1) is 13.8. The molecule has 0 unspecified atom stereocenters. The molecule has 0 spiro atoms. The van der Waals surface area contributed by atoms with Gasteiger partial charge in [0.1, 0.15) is 0 Å². The van der Waals surface area contributed by atoms with Gasteiger partial charge in [-0.2, -0.15) is 0 Å². The molecule has 0 fully saturated rings. The van der Waals surface area contributed by atoms with E-state index >= 15 is 0 Å². The summed E-state index contributed by atoms with van der Waals surface area (Å²) < 4.78 is 0. The van der Waals surface area contributed by atoms with Crippen LogP contribution in [0.1, 0.15) is 0 Å². The van der Waals surface area contributed by atoms with Crippen LogP contribution in [0.2, 0.25) is 0 Å². The van der Waals surface area contributed by atoms with Crippen LogP contribution < -0.4 is 10.6 Å². The van der Waals surface area contributed by atoms with Gasteiger partial charge in [-0.25, -0.2) is 0 Å². The van der Waals surface area contributed by atoms with Gasteiger partial charge < -0.3 is 10.6 Å². The molecule has 1 aliphatic carbocycles. The Balaban J connectivity index is 1.75. The number of benzene rings is 2. The second kappa shape index (κ2) is 6.10. The van der Waals surface area contributed by atoms with Gasteiger partial charge in [-0.05, 0) is 24.3 Å². The third kappa shape index (κ3) is 3.12. The normalized spacial score (nSPS) is 14.2. The van der Waals surface area contributed by atoms with E-state index in [2.05, 4.69) is 10.6 Å². The van der Waals surface area contributed by atoms with Gasteiger partial charge in [0.15, 0.2) is 0 Å². The molecule has 0 aromatic heterocycles. The standard InChI is InChI=1S/C18H14N2O2/c21-17-12-16(20-14-9-5-2-6-10-14)18(22)11-15(17)19-13-7-3-1-4-8-13/h1-12,19-20H. The Labute approximate surface area is 128 Å². The smallest absolute Gasteiger partial charge is 0.204 e. The van der Waals surface area contributed by atoms with Crippen LogP contribution in [-0.2, 0) is 9.59 Å². The van der Waals surface area contributed by atoms with Crippen LogP contribution in [0.25, 0.3) is 0 Å². The monoisotopic (exact) mass is 290 g/mol. The zero-order valence-corrected chi connectivity index (χ0v) is 11.7. The Morgan fingerprint density at radius 1 is 0.545 bits per heavy atom. The van der Waals surface area contributed by atoms with Crippen molar-refractivity contribution in [1.29, 1.82) is 0 Å². The molecule has 3 rings (SSSR count). The maximum atomic E-state index is 12.1. The van der Waals surface area contributed by atoms with Crippen molar-refractivity contribution in [1.82, 2.24) is 0 Å². The molecule has 108 valence electrons. The number of nitrogens with one attached hydrogen (secondary N) is 2. The van der Waals surface area contributed by atoms with E-state index in [9.17, 15) is 9.59 Å². The van der Waals surface area contributed by atoms with Crippen molar-refractivity contribution in [2.45, 2.75) is 0 Å². The fourth-order valence-corrected chi connectivity index (χ4v) is 2.11. The Hall–Kier alpha value is -3.14. The molecule has 0 amide bonds. The molecule has 22 heavy (non-hydrogen) atoms. The highest BCUT2D eigenvalue weighted by molar-refractivity contribution is 6.21. The molecule has 4 nitrogen and oxygen atoms in total. The van der Waals surface area contributed by atoms with E-state index in [-0.39, 0.29) is 23.0 Å². The van der Waals surface area contributed by atoms with Crippen molar-refractivity contribution in [3.63, 3.8) is 0 Å². The van der Waals surface area contributed by atoms with Crippen LogP contribution in [0.3, 0.4) is 0 Å². The summed E-state index contributed by atoms with van der Waals surface area (Å²) in [4.78, 5) is 24.3. The van der Waals surface area contributed by atoms with Gasteiger partial charge in [0.25, 0.3) is 0 Å². The van der Waals surface area contributed by atoms with E-state index in [0.717, 1.165) is 11.4 Å². The van der Waals surface area contributed by atoms with Crippen LogP contribution in [0.5, 0.6) is 0 Å². The number of anilines is 2. The number of hydrogen-bond acceptors (Lipinski definition) is 4. The summed E-state index contributed by atoms with van der Waals surface area (Å²) in [5, 5.41) is 5.93. The molecule has 0 heterocycles. The zero-order chi connectivity index (χ0) is 15.4. The first-order valence-electron chi connectivity index (χ1n) is 6.88. The third-order valence-electron chi connectivity index (χ3n) is 3.19. The van der Waals surface area contributed by atoms with Gasteiger partial charge in [-0.3, -0.25) is 9.59 Å². The van der Waals surface area contributed by atoms with E-state index in [1.54, 1.807) is 0 Å². The minimum absolute atomic E-state index is 0.234. The number of hydrogen-bond donors (Lipinski definition) is 2. The molecule has 2 N–H and O–H groups in total. The molecule has 4 heteroatoms. The Morgan fingerprint density at radius 2 is 0.909 bits per heavy atom. The van der Waals surface area contributed by atoms with Crippen molar-refractivity contribution in [3.8, 4) is 0 Å². The highest BCUT2D eigenvalue weighted by atomic mass is 16.1. The van der Waals surface area contributed by atoms with Crippen LogP contribution in [0.15, 0.2) is 84.2 Å². The minimum atomic E-state index is -0.234. The Morgan fingerprint density at radius 3 is 1.27 bits per heavy atom. The molecule has 0 saturated heterocycles. The van der Waals surface area contributed by atoms with Crippen molar-refractivity contribution in [2.75, 3.05) is 10.6 Å². The molecule has 0 atom stereocenters. The van der Waals surface area contributed by atoms with E-state index in [1.807, 2.05) is 60.7 Å². The Kier molecular flexibility index (Phi) is 3.83. The van der Waals surface area contributed by atoms with Crippen LogP contribution in [0.4, 0.5) is 11.4 Å². The summed E-state index contributed by atoms with van der Waals surface area (Å²) in [5.74, 6) is -0.469. The molecule has 2 aromatic rings. The number of allylic oxidation sites excluding steroid dienone is 2. The van der Waals surface area contributed by atoms with Crippen LogP contribution >= 0.6 is 0 Å². The maximum absolute atomic E-state index is 12.1. The largest absolute Gasteiger partial charge is 0.352 e. The quantitative estimate of drug-likeness (QED) is 0.849. The summed E-state index contributed by atoms with van der Waals surface area (Å²) in [6.45, 7) is 0. The summed E-state index contributed by atoms with van der Waals surface area (Å²) in [6.07, 6.45) is 2.64. The molecule has 0 aliphatic heterocycles. The number of ketones is 2. The summed E-state index contributed by atoms with van der Waals surface area (Å²) in [7, 11) is 0. The fraction of sp³-hybridized carbons (Fsp3) is 0. The molecular weight excluding hydrogens is 276 g/mol. The SMILES string of the molecule is O=C1C=C(Nc2ccccc2)C(=O)C=C1Nc1ccccc1. The van der Waals surface area contributed by atoms with E-state index in [1.165, 1.54) is 12.2 Å². The number of para-hydroxylation sites is 2. The van der Waals surface area contributed by atoms with Crippen molar-refractivity contribution in [3.05, 3.63) is 84.2 Å². The van der Waals surface area contributed by atoms with E-state index in [0.29, 0.717) is 0 Å². The Bertz CT molecular complexity index is 695. The van der Waals surface area contributed by atoms with Crippen molar-refractivity contribution < 1.29 is 9.59 Å². The molecule has 1 aliphatic rings. The second-order valence-electron chi connectivity index (χ2n) is 4.83. The second-order valence-corrected chi connectivity index (χ2v) is 4.83. The number of rotatable bonds is 4.